The largest absolute Gasteiger partial charge is 0.506 e. The molecule has 5 rings (SSSR count). The quantitative estimate of drug-likeness (QED) is 0.0348. The number of carbonyl (C=O) groups is 1. The van der Waals surface area contributed by atoms with Gasteiger partial charge in [-0.25, -0.2) is 4.79 Å². The van der Waals surface area contributed by atoms with Gasteiger partial charge in [-0.15, -0.1) is 0 Å². The van der Waals surface area contributed by atoms with Crippen molar-refractivity contribution in [2.75, 3.05) is 27.8 Å². The third-order valence-electron chi connectivity index (χ3n) is 7.61. The Morgan fingerprint density at radius 3 is 1.67 bits per heavy atom. The number of amides is 2. The summed E-state index contributed by atoms with van der Waals surface area (Å²) in [4.78, 5) is 11.9. The van der Waals surface area contributed by atoms with Crippen molar-refractivity contribution in [3.63, 3.8) is 0 Å². The predicted octanol–water partition coefficient (Wildman–Crippen LogP) is 10.8. The first-order valence-electron chi connectivity index (χ1n) is 17.7. The van der Waals surface area contributed by atoms with E-state index in [2.05, 4.69) is 38.8 Å². The monoisotopic (exact) mass is 870 g/mol. The molecule has 0 aliphatic heterocycles. The average Bonchev–Trinajstić information content (AvgIpc) is 3.18. The highest BCUT2D eigenvalue weighted by Crippen LogP contribution is 2.35. The fourth-order valence-corrected chi connectivity index (χ4v) is 5.70. The molecule has 5 aromatic rings. The van der Waals surface area contributed by atoms with Crippen molar-refractivity contribution < 1.29 is 25.2 Å². The van der Waals surface area contributed by atoms with E-state index in [1.165, 1.54) is 44.0 Å². The van der Waals surface area contributed by atoms with Gasteiger partial charge in [-0.05, 0) is 104 Å². The zero-order valence-corrected chi connectivity index (χ0v) is 35.1. The van der Waals surface area contributed by atoms with Crippen molar-refractivity contribution in [1.82, 2.24) is 10.6 Å². The molecule has 57 heavy (non-hydrogen) atoms. The van der Waals surface area contributed by atoms with E-state index in [-0.39, 0.29) is 32.9 Å². The standard InChI is InChI=1S/C15H15ClN2O3.C14H13ClN2OS.C12H17ClN2OS/c1-9(19)12-7-11(8-13(16)14(12)20)18-15(21)17-10-5-3-2-4-6-10;15-12-8-11(6-7-13(12)18)17-14(19)16-9-10-4-2-1-3-5-10;1-2-3-4-7-14-12(17)15-9-5-6-11(16)10(13)8-9/h2-9,19-20H,1H3,(H2,17,18,21);1-8,18H,9H2,(H2,16,17,19);5-6,8,16H,2-4,7H2,1H3,(H2,14,15,17). The molecule has 0 heterocycles. The van der Waals surface area contributed by atoms with Crippen LogP contribution < -0.4 is 31.9 Å². The third-order valence-corrected chi connectivity index (χ3v) is 8.99. The molecule has 0 bridgehead atoms. The molecule has 0 fully saturated rings. The number of hydrogen-bond donors (Lipinski definition) is 10. The smallest absolute Gasteiger partial charge is 0.323 e. The number of halogens is 3. The Balaban J connectivity index is 0.000000230. The van der Waals surface area contributed by atoms with Gasteiger partial charge in [-0.1, -0.05) is 103 Å². The third kappa shape index (κ3) is 17.3. The molecule has 0 saturated carbocycles. The van der Waals surface area contributed by atoms with E-state index in [0.29, 0.717) is 33.2 Å². The number of nitrogens with one attached hydrogen (secondary N) is 6. The second kappa shape index (κ2) is 24.6. The lowest BCUT2D eigenvalue weighted by molar-refractivity contribution is 0.195. The molecule has 0 saturated heterocycles. The van der Waals surface area contributed by atoms with Gasteiger partial charge in [0.05, 0.1) is 21.2 Å². The first-order valence-corrected chi connectivity index (χ1v) is 19.6. The van der Waals surface area contributed by atoms with Gasteiger partial charge in [0.2, 0.25) is 0 Å². The molecule has 0 spiro atoms. The van der Waals surface area contributed by atoms with Gasteiger partial charge in [-0.2, -0.15) is 0 Å². The number of aliphatic hydroxyl groups excluding tert-OH is 1. The second-order valence-electron chi connectivity index (χ2n) is 12.2. The molecule has 1 atom stereocenters. The maximum absolute atomic E-state index is 11.9. The fourth-order valence-electron chi connectivity index (χ4n) is 4.70. The molecule has 0 aliphatic rings. The highest BCUT2D eigenvalue weighted by molar-refractivity contribution is 7.80. The first-order chi connectivity index (χ1) is 27.2. The number of carbonyl (C=O) groups excluding carboxylic acids is 1. The lowest BCUT2D eigenvalue weighted by Gasteiger charge is -2.13. The molecule has 11 nitrogen and oxygen atoms in total. The average molecular weight is 872 g/mol. The van der Waals surface area contributed by atoms with E-state index in [1.807, 2.05) is 36.4 Å². The molecule has 10 N–H and O–H groups in total. The number of para-hydroxylation sites is 1. The maximum atomic E-state index is 11.9. The molecular weight excluding hydrogens is 827 g/mol. The summed E-state index contributed by atoms with van der Waals surface area (Å²) in [6.07, 6.45) is 2.59. The number of anilines is 4. The molecule has 0 aliphatic carbocycles. The number of aliphatic hydroxyl groups is 1. The van der Waals surface area contributed by atoms with Crippen LogP contribution >= 0.6 is 59.2 Å². The first kappa shape index (κ1) is 46.4. The van der Waals surface area contributed by atoms with Gasteiger partial charge in [0.25, 0.3) is 0 Å². The maximum Gasteiger partial charge on any atom is 0.323 e. The Kier molecular flexibility index (Phi) is 20.0. The SMILES string of the molecule is CC(O)c1cc(NC(=O)Nc2ccccc2)cc(Cl)c1O.CCCCCNC(=S)Nc1ccc(O)c(Cl)c1.Oc1ccc(NC(=S)NCc2ccccc2)cc1Cl. The highest BCUT2D eigenvalue weighted by Gasteiger charge is 2.14. The topological polar surface area (TPSA) is 170 Å². The van der Waals surface area contributed by atoms with Crippen LogP contribution in [0.3, 0.4) is 0 Å². The Labute approximate surface area is 358 Å². The Bertz CT molecular complexity index is 2060. The van der Waals surface area contributed by atoms with Crippen molar-refractivity contribution in [3.8, 4) is 17.2 Å². The van der Waals surface area contributed by atoms with Crippen LogP contribution in [0.25, 0.3) is 0 Å². The number of rotatable bonds is 11. The molecule has 5 aromatic carbocycles. The van der Waals surface area contributed by atoms with Crippen LogP contribution in [0.1, 0.15) is 50.3 Å². The summed E-state index contributed by atoms with van der Waals surface area (Å²) >= 11 is 27.8. The van der Waals surface area contributed by atoms with E-state index in [1.54, 1.807) is 48.5 Å². The number of aromatic hydroxyl groups is 3. The molecular formula is C41H45Cl3N6O5S2. The number of hydrogen-bond acceptors (Lipinski definition) is 7. The van der Waals surface area contributed by atoms with Gasteiger partial charge in [-0.3, -0.25) is 0 Å². The molecule has 16 heteroatoms. The van der Waals surface area contributed by atoms with Crippen molar-refractivity contribution in [2.24, 2.45) is 0 Å². The van der Waals surface area contributed by atoms with Crippen molar-refractivity contribution in [2.45, 2.75) is 45.8 Å². The van der Waals surface area contributed by atoms with E-state index in [4.69, 9.17) is 59.2 Å². The lowest BCUT2D eigenvalue weighted by atomic mass is 10.1. The number of unbranched alkanes of at least 4 members (excludes halogenated alkanes) is 2. The fraction of sp³-hybridized carbons (Fsp3) is 0.195. The lowest BCUT2D eigenvalue weighted by Crippen LogP contribution is -2.29. The summed E-state index contributed by atoms with van der Waals surface area (Å²) < 4.78 is 0. The molecule has 1 unspecified atom stereocenters. The van der Waals surface area contributed by atoms with Gasteiger partial charge in [0.15, 0.2) is 10.2 Å². The van der Waals surface area contributed by atoms with Gasteiger partial charge in [0.1, 0.15) is 17.2 Å². The van der Waals surface area contributed by atoms with Crippen molar-refractivity contribution >= 4 is 98.2 Å². The Hall–Kier alpha value is -5.02. The van der Waals surface area contributed by atoms with Crippen LogP contribution in [0.15, 0.2) is 109 Å². The summed E-state index contributed by atoms with van der Waals surface area (Å²) in [6, 6.07) is 31.1. The normalized spacial score (nSPS) is 10.6. The van der Waals surface area contributed by atoms with Gasteiger partial charge >= 0.3 is 6.03 Å². The molecule has 0 aromatic heterocycles. The number of benzene rings is 5. The minimum absolute atomic E-state index is 0.0513. The van der Waals surface area contributed by atoms with E-state index in [9.17, 15) is 25.2 Å². The predicted molar refractivity (Wildman–Crippen MR) is 242 cm³/mol. The summed E-state index contributed by atoms with van der Waals surface area (Å²) in [5, 5.41) is 57.1. The van der Waals surface area contributed by atoms with E-state index < -0.39 is 12.1 Å². The minimum Gasteiger partial charge on any atom is -0.506 e. The summed E-state index contributed by atoms with van der Waals surface area (Å²) in [5.74, 6) is -0.0740. The van der Waals surface area contributed by atoms with Gasteiger partial charge < -0.3 is 52.3 Å². The van der Waals surface area contributed by atoms with Crippen molar-refractivity contribution in [1.29, 1.82) is 0 Å². The summed E-state index contributed by atoms with van der Waals surface area (Å²) in [5.41, 5.74) is 3.92. The summed E-state index contributed by atoms with van der Waals surface area (Å²) in [7, 11) is 0. The van der Waals surface area contributed by atoms with Gasteiger partial charge in [0, 0.05) is 41.4 Å². The van der Waals surface area contributed by atoms with Crippen LogP contribution in [0.4, 0.5) is 27.5 Å². The van der Waals surface area contributed by atoms with Crippen LogP contribution in [-0.4, -0.2) is 43.2 Å². The molecule has 0 radical (unpaired) electrons. The Morgan fingerprint density at radius 1 is 0.632 bits per heavy atom. The Morgan fingerprint density at radius 2 is 1.14 bits per heavy atom. The zero-order chi connectivity index (χ0) is 41.7. The van der Waals surface area contributed by atoms with Crippen LogP contribution in [0, 0.1) is 0 Å². The van der Waals surface area contributed by atoms with E-state index in [0.717, 1.165) is 29.9 Å². The minimum atomic E-state index is -0.901. The van der Waals surface area contributed by atoms with Crippen LogP contribution in [0.5, 0.6) is 17.2 Å². The summed E-state index contributed by atoms with van der Waals surface area (Å²) in [6.45, 7) is 5.18. The second-order valence-corrected chi connectivity index (χ2v) is 14.3. The number of phenolic OH excluding ortho intramolecular Hbond substituents is 3. The molecule has 302 valence electrons. The highest BCUT2D eigenvalue weighted by atomic mass is 35.5. The van der Waals surface area contributed by atoms with Crippen molar-refractivity contribution in [3.05, 3.63) is 135 Å². The number of urea groups is 1. The number of phenols is 3. The zero-order valence-electron chi connectivity index (χ0n) is 31.2. The number of thiocarbonyl (C=S) groups is 2. The van der Waals surface area contributed by atoms with E-state index >= 15 is 0 Å². The van der Waals surface area contributed by atoms with Crippen LogP contribution in [-0.2, 0) is 6.54 Å². The van der Waals surface area contributed by atoms with Crippen LogP contribution in [0.2, 0.25) is 15.1 Å². The molecule has 2 amide bonds.